The van der Waals surface area contributed by atoms with Crippen molar-refractivity contribution in [3.63, 3.8) is 0 Å². The zero-order valence-corrected chi connectivity index (χ0v) is 15.5. The van der Waals surface area contributed by atoms with Gasteiger partial charge in [0.05, 0.1) is 5.69 Å². The molecule has 0 fully saturated rings. The van der Waals surface area contributed by atoms with Crippen LogP contribution >= 0.6 is 0 Å². The van der Waals surface area contributed by atoms with Gasteiger partial charge in [-0.05, 0) is 41.7 Å². The second-order valence-electron chi connectivity index (χ2n) is 7.26. The number of nitrogens with one attached hydrogen (secondary N) is 2. The fourth-order valence-electron chi connectivity index (χ4n) is 2.46. The molecule has 2 amide bonds. The third kappa shape index (κ3) is 5.62. The molecule has 2 rings (SSSR count). The van der Waals surface area contributed by atoms with Gasteiger partial charge in [0.15, 0.2) is 0 Å². The first-order valence-corrected chi connectivity index (χ1v) is 8.74. The predicted octanol–water partition coefficient (Wildman–Crippen LogP) is 3.84. The molecule has 0 spiro atoms. The molecule has 0 atom stereocenters. The predicted molar refractivity (Wildman–Crippen MR) is 103 cm³/mol. The molecule has 5 heteroatoms. The van der Waals surface area contributed by atoms with Gasteiger partial charge in [0, 0.05) is 18.5 Å². The Hall–Kier alpha value is -2.82. The van der Waals surface area contributed by atoms with Crippen molar-refractivity contribution < 1.29 is 14.7 Å². The number of phenols is 1. The van der Waals surface area contributed by atoms with Crippen molar-refractivity contribution >= 4 is 17.5 Å². The number of phenolic OH excluding ortho intramolecular Hbond substituents is 1. The second-order valence-corrected chi connectivity index (χ2v) is 7.26. The van der Waals surface area contributed by atoms with Crippen molar-refractivity contribution in [1.29, 1.82) is 0 Å². The first-order valence-electron chi connectivity index (χ1n) is 8.74. The molecule has 0 saturated carbocycles. The van der Waals surface area contributed by atoms with Crippen LogP contribution in [0.4, 0.5) is 5.69 Å². The van der Waals surface area contributed by atoms with E-state index in [-0.39, 0.29) is 29.4 Å². The van der Waals surface area contributed by atoms with Crippen LogP contribution in [0.1, 0.15) is 49.5 Å². The van der Waals surface area contributed by atoms with Gasteiger partial charge in [-0.25, -0.2) is 0 Å². The van der Waals surface area contributed by atoms with E-state index >= 15 is 0 Å². The van der Waals surface area contributed by atoms with Crippen LogP contribution < -0.4 is 10.6 Å². The van der Waals surface area contributed by atoms with Gasteiger partial charge in [-0.3, -0.25) is 9.59 Å². The van der Waals surface area contributed by atoms with E-state index in [0.717, 1.165) is 5.56 Å². The highest BCUT2D eigenvalue weighted by molar-refractivity contribution is 5.94. The fourth-order valence-corrected chi connectivity index (χ4v) is 2.46. The Labute approximate surface area is 154 Å². The monoisotopic (exact) mass is 354 g/mol. The summed E-state index contributed by atoms with van der Waals surface area (Å²) in [6.07, 6.45) is 0.776. The van der Waals surface area contributed by atoms with Gasteiger partial charge in [0.25, 0.3) is 5.91 Å². The molecule has 0 aliphatic carbocycles. The first kappa shape index (κ1) is 19.5. The van der Waals surface area contributed by atoms with E-state index in [0.29, 0.717) is 24.2 Å². The second kappa shape index (κ2) is 8.52. The zero-order chi connectivity index (χ0) is 19.2. The number of carbonyl (C=O) groups is 2. The lowest BCUT2D eigenvalue weighted by Gasteiger charge is -2.20. The van der Waals surface area contributed by atoms with E-state index in [1.807, 2.05) is 12.1 Å². The Balaban J connectivity index is 1.81. The molecular weight excluding hydrogens is 328 g/mol. The molecule has 0 heterocycles. The number of amides is 2. The summed E-state index contributed by atoms with van der Waals surface area (Å²) in [7, 11) is 0. The van der Waals surface area contributed by atoms with Crippen molar-refractivity contribution in [3.8, 4) is 5.75 Å². The van der Waals surface area contributed by atoms with E-state index in [9.17, 15) is 14.7 Å². The number of anilines is 1. The Morgan fingerprint density at radius 3 is 2.38 bits per heavy atom. The summed E-state index contributed by atoms with van der Waals surface area (Å²) < 4.78 is 0. The van der Waals surface area contributed by atoms with Crippen molar-refractivity contribution in [1.82, 2.24) is 5.32 Å². The Morgan fingerprint density at radius 2 is 1.73 bits per heavy atom. The maximum absolute atomic E-state index is 12.1. The number of carbonyl (C=O) groups excluding carboxylic acids is 2. The molecule has 0 radical (unpaired) electrons. The summed E-state index contributed by atoms with van der Waals surface area (Å²) >= 11 is 0. The number of hydrogen-bond acceptors (Lipinski definition) is 3. The Bertz CT molecular complexity index is 765. The smallest absolute Gasteiger partial charge is 0.251 e. The summed E-state index contributed by atoms with van der Waals surface area (Å²) in [5.41, 5.74) is 1.96. The van der Waals surface area contributed by atoms with Crippen LogP contribution in [0.25, 0.3) is 0 Å². The van der Waals surface area contributed by atoms with Crippen molar-refractivity contribution in [2.45, 2.75) is 39.0 Å². The van der Waals surface area contributed by atoms with Gasteiger partial charge in [-0.2, -0.15) is 0 Å². The lowest BCUT2D eigenvalue weighted by molar-refractivity contribution is -0.116. The van der Waals surface area contributed by atoms with E-state index in [1.165, 1.54) is 0 Å². The molecule has 0 bridgehead atoms. The molecule has 26 heavy (non-hydrogen) atoms. The van der Waals surface area contributed by atoms with Crippen molar-refractivity contribution in [3.05, 3.63) is 59.7 Å². The van der Waals surface area contributed by atoms with Gasteiger partial charge < -0.3 is 15.7 Å². The van der Waals surface area contributed by atoms with Crippen molar-refractivity contribution in [2.24, 2.45) is 0 Å². The van der Waals surface area contributed by atoms with E-state index in [4.69, 9.17) is 0 Å². The van der Waals surface area contributed by atoms with Crippen LogP contribution in [0, 0.1) is 0 Å². The van der Waals surface area contributed by atoms with Gasteiger partial charge in [-0.1, -0.05) is 45.0 Å². The molecule has 0 unspecified atom stereocenters. The van der Waals surface area contributed by atoms with Crippen LogP contribution in [0.5, 0.6) is 5.75 Å². The van der Waals surface area contributed by atoms with Crippen LogP contribution in [0.15, 0.2) is 48.5 Å². The minimum absolute atomic E-state index is 0.0451. The van der Waals surface area contributed by atoms with E-state index < -0.39 is 0 Å². The SMILES string of the molecule is CC(C)(C)c1ccc(O)c(NC(=O)CCCNC(=O)c2ccccc2)c1. The molecule has 2 aromatic carbocycles. The standard InChI is InChI=1S/C21H26N2O3/c1-21(2,3)16-11-12-18(24)17(14-16)23-19(25)10-7-13-22-20(26)15-8-5-4-6-9-15/h4-6,8-9,11-12,14,24H,7,10,13H2,1-3H3,(H,22,26)(H,23,25). The van der Waals surface area contributed by atoms with Crippen LogP contribution in [-0.2, 0) is 10.2 Å². The molecule has 0 aromatic heterocycles. The third-order valence-corrected chi connectivity index (χ3v) is 4.04. The average Bonchev–Trinajstić information content (AvgIpc) is 2.60. The summed E-state index contributed by atoms with van der Waals surface area (Å²) in [5.74, 6) is -0.300. The minimum atomic E-state index is -0.194. The van der Waals surface area contributed by atoms with Crippen LogP contribution in [0.2, 0.25) is 0 Å². The molecule has 5 nitrogen and oxygen atoms in total. The average molecular weight is 354 g/mol. The molecule has 0 aliphatic rings. The topological polar surface area (TPSA) is 78.4 Å². The maximum atomic E-state index is 12.1. The largest absolute Gasteiger partial charge is 0.506 e. The maximum Gasteiger partial charge on any atom is 0.251 e. The van der Waals surface area contributed by atoms with Gasteiger partial charge in [0.2, 0.25) is 5.91 Å². The third-order valence-electron chi connectivity index (χ3n) is 4.04. The van der Waals surface area contributed by atoms with Gasteiger partial charge in [-0.15, -0.1) is 0 Å². The molecule has 138 valence electrons. The molecular formula is C21H26N2O3. The number of rotatable bonds is 6. The molecule has 0 aliphatic heterocycles. The highest BCUT2D eigenvalue weighted by Gasteiger charge is 2.16. The van der Waals surface area contributed by atoms with E-state index in [1.54, 1.807) is 36.4 Å². The van der Waals surface area contributed by atoms with Crippen LogP contribution in [0.3, 0.4) is 0 Å². The number of benzene rings is 2. The lowest BCUT2D eigenvalue weighted by Crippen LogP contribution is -2.25. The lowest BCUT2D eigenvalue weighted by atomic mass is 9.87. The van der Waals surface area contributed by atoms with Gasteiger partial charge in [0.1, 0.15) is 5.75 Å². The molecule has 3 N–H and O–H groups in total. The summed E-state index contributed by atoms with van der Waals surface area (Å²) in [6.45, 7) is 6.62. The molecule has 0 saturated heterocycles. The number of hydrogen-bond donors (Lipinski definition) is 3. The van der Waals surface area contributed by atoms with Gasteiger partial charge >= 0.3 is 0 Å². The Kier molecular flexibility index (Phi) is 6.39. The first-order chi connectivity index (χ1) is 12.3. The summed E-state index contributed by atoms with van der Waals surface area (Å²) in [4.78, 5) is 24.0. The van der Waals surface area contributed by atoms with E-state index in [2.05, 4.69) is 31.4 Å². The summed E-state index contributed by atoms with van der Waals surface area (Å²) in [6, 6.07) is 14.2. The summed E-state index contributed by atoms with van der Waals surface area (Å²) in [5, 5.41) is 15.5. The van der Waals surface area contributed by atoms with Crippen molar-refractivity contribution in [2.75, 3.05) is 11.9 Å². The fraction of sp³-hybridized carbons (Fsp3) is 0.333. The Morgan fingerprint density at radius 1 is 1.04 bits per heavy atom. The quantitative estimate of drug-likeness (QED) is 0.545. The normalized spacial score (nSPS) is 11.0. The van der Waals surface area contributed by atoms with Crippen LogP contribution in [-0.4, -0.2) is 23.5 Å². The minimum Gasteiger partial charge on any atom is -0.506 e. The zero-order valence-electron chi connectivity index (χ0n) is 15.5. The highest BCUT2D eigenvalue weighted by Crippen LogP contribution is 2.30. The highest BCUT2D eigenvalue weighted by atomic mass is 16.3. The number of aromatic hydroxyl groups is 1. The molecule has 2 aromatic rings.